The van der Waals surface area contributed by atoms with Crippen molar-refractivity contribution in [1.82, 2.24) is 10.0 Å². The van der Waals surface area contributed by atoms with E-state index in [1.165, 1.54) is 29.2 Å². The largest absolute Gasteiger partial charge is 0.274 e. The molecule has 3 atom stereocenters. The van der Waals surface area contributed by atoms with Crippen LogP contribution in [0, 0.1) is 16.0 Å². The molecule has 3 aliphatic rings. The molecule has 148 valence electrons. The average molecular weight is 413 g/mol. The Morgan fingerprint density at radius 1 is 0.897 bits per heavy atom. The minimum atomic E-state index is -0.555. The van der Waals surface area contributed by atoms with Crippen molar-refractivity contribution in [2.75, 3.05) is 18.0 Å². The van der Waals surface area contributed by atoms with E-state index in [4.69, 9.17) is 11.6 Å². The van der Waals surface area contributed by atoms with E-state index < -0.39 is 16.9 Å². The molecule has 2 aromatic carbocycles. The Balaban J connectivity index is 1.54. The second-order valence-corrected chi connectivity index (χ2v) is 7.87. The summed E-state index contributed by atoms with van der Waals surface area (Å²) in [6, 6.07) is 12.1. The van der Waals surface area contributed by atoms with Crippen molar-refractivity contribution in [2.24, 2.45) is 5.92 Å². The Morgan fingerprint density at radius 2 is 1.52 bits per heavy atom. The topological polar surface area (TPSA) is 87.0 Å². The van der Waals surface area contributed by atoms with E-state index >= 15 is 0 Å². The third-order valence-electron chi connectivity index (χ3n) is 5.94. The number of nitro groups is 1. The molecule has 0 saturated carbocycles. The van der Waals surface area contributed by atoms with Gasteiger partial charge in [-0.3, -0.25) is 19.7 Å². The molecule has 5 rings (SSSR count). The normalized spacial score (nSPS) is 26.8. The van der Waals surface area contributed by atoms with Crippen LogP contribution < -0.4 is 4.90 Å². The molecule has 2 amide bonds. The number of hydrogen-bond donors (Lipinski definition) is 0. The van der Waals surface area contributed by atoms with Crippen LogP contribution in [-0.2, 0) is 9.59 Å². The van der Waals surface area contributed by atoms with Gasteiger partial charge in [0.05, 0.1) is 22.6 Å². The lowest BCUT2D eigenvalue weighted by molar-refractivity contribution is -0.384. The fourth-order valence-electron chi connectivity index (χ4n) is 4.75. The first-order valence-electron chi connectivity index (χ1n) is 9.38. The van der Waals surface area contributed by atoms with Crippen LogP contribution >= 0.6 is 11.6 Å². The predicted octanol–water partition coefficient (Wildman–Crippen LogP) is 2.78. The highest BCUT2D eigenvalue weighted by atomic mass is 35.5. The number of carbonyl (C=O) groups is 2. The van der Waals surface area contributed by atoms with Crippen LogP contribution in [0.2, 0.25) is 5.02 Å². The van der Waals surface area contributed by atoms with Crippen LogP contribution in [0.3, 0.4) is 0 Å². The second kappa shape index (κ2) is 6.62. The van der Waals surface area contributed by atoms with Crippen LogP contribution in [-0.4, -0.2) is 45.9 Å². The van der Waals surface area contributed by atoms with E-state index in [1.54, 1.807) is 12.1 Å². The van der Waals surface area contributed by atoms with Crippen molar-refractivity contribution in [3.05, 3.63) is 69.2 Å². The van der Waals surface area contributed by atoms with Gasteiger partial charge in [0.25, 0.3) is 11.6 Å². The van der Waals surface area contributed by atoms with Gasteiger partial charge >= 0.3 is 0 Å². The highest BCUT2D eigenvalue weighted by Crippen LogP contribution is 2.49. The molecule has 3 fully saturated rings. The fourth-order valence-corrected chi connectivity index (χ4v) is 4.88. The number of nitrogens with zero attached hydrogens (tertiary/aromatic N) is 4. The van der Waals surface area contributed by atoms with Crippen molar-refractivity contribution >= 4 is 34.8 Å². The van der Waals surface area contributed by atoms with E-state index in [2.05, 4.69) is 5.01 Å². The summed E-state index contributed by atoms with van der Waals surface area (Å²) in [5.74, 6) is -1.08. The summed E-state index contributed by atoms with van der Waals surface area (Å²) in [5.41, 5.74) is 1.22. The number of amides is 2. The Hall–Kier alpha value is -2.81. The average Bonchev–Trinajstić information content (AvgIpc) is 3.35. The molecular formula is C20H17ClN4O4. The molecule has 0 aromatic heterocycles. The predicted molar refractivity (Wildman–Crippen MR) is 105 cm³/mol. The molecule has 0 radical (unpaired) electrons. The summed E-state index contributed by atoms with van der Waals surface area (Å²) in [6.45, 7) is 1.51. The third kappa shape index (κ3) is 2.67. The number of fused-ring (bicyclic) bond motifs is 3. The maximum atomic E-state index is 13.4. The van der Waals surface area contributed by atoms with Gasteiger partial charge in [0.1, 0.15) is 6.04 Å². The smallest absolute Gasteiger partial charge is 0.269 e. The zero-order valence-corrected chi connectivity index (χ0v) is 16.0. The Bertz CT molecular complexity index is 1010. The summed E-state index contributed by atoms with van der Waals surface area (Å²) in [7, 11) is 0. The van der Waals surface area contributed by atoms with Gasteiger partial charge in [0.15, 0.2) is 0 Å². The highest BCUT2D eigenvalue weighted by Gasteiger charge is 2.62. The minimum Gasteiger partial charge on any atom is -0.274 e. The van der Waals surface area contributed by atoms with E-state index in [9.17, 15) is 19.7 Å². The Morgan fingerprint density at radius 3 is 2.14 bits per heavy atom. The molecule has 3 unspecified atom stereocenters. The van der Waals surface area contributed by atoms with Gasteiger partial charge in [-0.05, 0) is 36.2 Å². The van der Waals surface area contributed by atoms with Crippen molar-refractivity contribution < 1.29 is 14.5 Å². The van der Waals surface area contributed by atoms with Crippen molar-refractivity contribution in [1.29, 1.82) is 0 Å². The zero-order chi connectivity index (χ0) is 20.3. The number of nitro benzene ring substituents is 1. The first-order chi connectivity index (χ1) is 14.0. The van der Waals surface area contributed by atoms with E-state index in [1.807, 2.05) is 17.1 Å². The highest BCUT2D eigenvalue weighted by molar-refractivity contribution is 6.30. The quantitative estimate of drug-likeness (QED) is 0.437. The van der Waals surface area contributed by atoms with Gasteiger partial charge in [0.2, 0.25) is 5.91 Å². The van der Waals surface area contributed by atoms with Crippen LogP contribution in [0.15, 0.2) is 48.5 Å². The number of benzene rings is 2. The number of halogens is 1. The number of anilines is 1. The molecule has 29 heavy (non-hydrogen) atoms. The monoisotopic (exact) mass is 412 g/mol. The van der Waals surface area contributed by atoms with Crippen molar-refractivity contribution in [2.45, 2.75) is 18.5 Å². The van der Waals surface area contributed by atoms with Gasteiger partial charge in [-0.15, -0.1) is 0 Å². The molecule has 0 aliphatic carbocycles. The number of imide groups is 1. The molecular weight excluding hydrogens is 396 g/mol. The van der Waals surface area contributed by atoms with Gasteiger partial charge in [0, 0.05) is 30.2 Å². The Kier molecular flexibility index (Phi) is 4.16. The number of rotatable bonds is 3. The van der Waals surface area contributed by atoms with E-state index in [0.29, 0.717) is 10.7 Å². The number of non-ortho nitro benzene ring substituents is 1. The fraction of sp³-hybridized carbons (Fsp3) is 0.300. The summed E-state index contributed by atoms with van der Waals surface area (Å²) in [4.78, 5) is 38.2. The molecule has 0 spiro atoms. The summed E-state index contributed by atoms with van der Waals surface area (Å²) < 4.78 is 0. The van der Waals surface area contributed by atoms with E-state index in [-0.39, 0.29) is 23.5 Å². The molecule has 9 heteroatoms. The van der Waals surface area contributed by atoms with Crippen molar-refractivity contribution in [3.8, 4) is 0 Å². The number of hydrogen-bond acceptors (Lipinski definition) is 6. The number of hydrazine groups is 1. The van der Waals surface area contributed by atoms with Crippen molar-refractivity contribution in [3.63, 3.8) is 0 Å². The molecule has 3 saturated heterocycles. The molecule has 2 aromatic rings. The van der Waals surface area contributed by atoms with Gasteiger partial charge in [-0.2, -0.15) is 0 Å². The lowest BCUT2D eigenvalue weighted by atomic mass is 9.90. The lowest BCUT2D eigenvalue weighted by Gasteiger charge is -2.29. The van der Waals surface area contributed by atoms with Gasteiger partial charge in [-0.1, -0.05) is 23.7 Å². The van der Waals surface area contributed by atoms with Crippen LogP contribution in [0.25, 0.3) is 0 Å². The summed E-state index contributed by atoms with van der Waals surface area (Å²) in [5, 5.41) is 15.7. The molecule has 0 N–H and O–H groups in total. The summed E-state index contributed by atoms with van der Waals surface area (Å²) in [6.07, 6.45) is 0.923. The summed E-state index contributed by atoms with van der Waals surface area (Å²) >= 11 is 6.03. The standard InChI is InChI=1S/C20H17ClN4O4/c21-13-4-2-12(3-5-13)17-16-18(23-11-1-10-22(17)23)20(27)24(19(16)26)14-6-8-15(9-7-14)25(28)29/h2-9,16-18H,1,10-11H2. The van der Waals surface area contributed by atoms with E-state index in [0.717, 1.165) is 25.1 Å². The molecule has 0 bridgehead atoms. The lowest BCUT2D eigenvalue weighted by Crippen LogP contribution is -2.44. The first-order valence-corrected chi connectivity index (χ1v) is 9.76. The number of carbonyl (C=O) groups excluding carboxylic acids is 2. The van der Waals surface area contributed by atoms with Gasteiger partial charge in [-0.25, -0.2) is 14.9 Å². The molecule has 3 heterocycles. The maximum Gasteiger partial charge on any atom is 0.269 e. The first kappa shape index (κ1) is 18.2. The van der Waals surface area contributed by atoms with Crippen LogP contribution in [0.5, 0.6) is 0 Å². The second-order valence-electron chi connectivity index (χ2n) is 7.43. The molecule has 3 aliphatic heterocycles. The van der Waals surface area contributed by atoms with Crippen LogP contribution in [0.4, 0.5) is 11.4 Å². The maximum absolute atomic E-state index is 13.4. The van der Waals surface area contributed by atoms with Crippen LogP contribution in [0.1, 0.15) is 18.0 Å². The zero-order valence-electron chi connectivity index (χ0n) is 15.3. The van der Waals surface area contributed by atoms with Gasteiger partial charge < -0.3 is 0 Å². The Labute approximate surface area is 171 Å². The third-order valence-corrected chi connectivity index (χ3v) is 6.19. The SMILES string of the molecule is O=C1C2C(C(=O)N1c1ccc([N+](=O)[O-])cc1)N1CCCN1C2c1ccc(Cl)cc1. The molecule has 8 nitrogen and oxygen atoms in total. The minimum absolute atomic E-state index is 0.0854.